The quantitative estimate of drug-likeness (QED) is 0.0892. The predicted molar refractivity (Wildman–Crippen MR) is 221 cm³/mol. The van der Waals surface area contributed by atoms with E-state index in [4.69, 9.17) is 19.6 Å². The fraction of sp³-hybridized carbons (Fsp3) is 0.304. The zero-order chi connectivity index (χ0) is 46.2. The molecule has 0 spiro atoms. The second-order valence-electron chi connectivity index (χ2n) is 15.7. The molecule has 2 amide bonds. The number of aliphatic carboxylic acids is 2. The molecular formula is C46H38F6N2O10S. The highest BCUT2D eigenvalue weighted by atomic mass is 32.2. The number of hydrogen-bond acceptors (Lipinski definition) is 9. The lowest BCUT2D eigenvalue weighted by molar-refractivity contribution is -0.215. The first-order chi connectivity index (χ1) is 31.0. The summed E-state index contributed by atoms with van der Waals surface area (Å²) < 4.78 is 94.3. The molecule has 65 heavy (non-hydrogen) atoms. The number of alkyl halides is 6. The van der Waals surface area contributed by atoms with Crippen molar-refractivity contribution in [1.82, 2.24) is 9.80 Å². The van der Waals surface area contributed by atoms with E-state index in [0.717, 1.165) is 24.3 Å². The minimum Gasteiger partial charge on any atom is -0.481 e. The second kappa shape index (κ2) is 18.3. The maximum Gasteiger partial charge on any atom is 0.418 e. The van der Waals surface area contributed by atoms with Crippen molar-refractivity contribution in [2.75, 3.05) is 39.4 Å². The lowest BCUT2D eigenvalue weighted by Gasteiger charge is -2.24. The van der Waals surface area contributed by atoms with Gasteiger partial charge in [-0.15, -0.1) is 0 Å². The molecule has 8 rings (SSSR count). The van der Waals surface area contributed by atoms with Crippen LogP contribution in [0.5, 0.6) is 11.5 Å². The van der Waals surface area contributed by atoms with Crippen molar-refractivity contribution in [3.8, 4) is 33.8 Å². The summed E-state index contributed by atoms with van der Waals surface area (Å²) in [5.41, 5.74) is -2.54. The number of carboxylic acid groups (broad SMARTS) is 2. The van der Waals surface area contributed by atoms with Gasteiger partial charge in [-0.05, 0) is 83.6 Å². The molecule has 340 valence electrons. The lowest BCUT2D eigenvalue weighted by Crippen LogP contribution is -2.28. The van der Waals surface area contributed by atoms with Crippen molar-refractivity contribution >= 4 is 47.7 Å². The first-order valence-electron chi connectivity index (χ1n) is 20.4. The molecule has 2 N–H and O–H groups in total. The highest BCUT2D eigenvalue weighted by Gasteiger charge is 2.42. The van der Waals surface area contributed by atoms with Crippen LogP contribution in [0.1, 0.15) is 46.2 Å². The molecule has 12 nitrogen and oxygen atoms in total. The molecule has 2 fully saturated rings. The van der Waals surface area contributed by atoms with E-state index < -0.39 is 80.0 Å². The number of carbonyl (C=O) groups excluding carboxylic acids is 2. The highest BCUT2D eigenvalue weighted by molar-refractivity contribution is 7.99. The SMILES string of the molecule is O=C(O)C1CCN(C(=O)/C=C/c2ccc(Sc3ccc(/C=C/C(=O)N4CCC(C(=O)O)C4)c(-c4ccc5c(c4)CCOO5)c3C(F)(F)F)c(C(F)(F)F)c2-c2ccc3c(c2)CCOO3)C1. The Bertz CT molecular complexity index is 2450. The van der Waals surface area contributed by atoms with Gasteiger partial charge in [0.05, 0.1) is 36.2 Å². The maximum atomic E-state index is 15.7. The molecule has 0 bridgehead atoms. The summed E-state index contributed by atoms with van der Waals surface area (Å²) in [5, 5.41) is 18.8. The summed E-state index contributed by atoms with van der Waals surface area (Å²) in [6.07, 6.45) is -4.98. The maximum absolute atomic E-state index is 15.7. The highest BCUT2D eigenvalue weighted by Crippen LogP contribution is 2.52. The van der Waals surface area contributed by atoms with Crippen LogP contribution in [0, 0.1) is 11.8 Å². The number of likely N-dealkylation sites (tertiary alicyclic amines) is 2. The van der Waals surface area contributed by atoms with Gasteiger partial charge < -0.3 is 29.8 Å². The summed E-state index contributed by atoms with van der Waals surface area (Å²) in [5.74, 6) is -4.51. The van der Waals surface area contributed by atoms with Crippen LogP contribution in [-0.2, 0) is 54.1 Å². The van der Waals surface area contributed by atoms with Gasteiger partial charge in [-0.25, -0.2) is 0 Å². The molecule has 4 aliphatic heterocycles. The summed E-state index contributed by atoms with van der Waals surface area (Å²) >= 11 is 0.244. The third kappa shape index (κ3) is 9.72. The Labute approximate surface area is 370 Å². The fourth-order valence-corrected chi connectivity index (χ4v) is 9.49. The van der Waals surface area contributed by atoms with E-state index in [1.165, 1.54) is 70.5 Å². The summed E-state index contributed by atoms with van der Waals surface area (Å²) in [6, 6.07) is 13.1. The minimum atomic E-state index is -5.18. The second-order valence-corrected chi connectivity index (χ2v) is 16.8. The molecule has 4 aromatic rings. The Kier molecular flexibility index (Phi) is 12.7. The van der Waals surface area contributed by atoms with Crippen LogP contribution in [0.15, 0.2) is 82.6 Å². The van der Waals surface area contributed by atoms with Gasteiger partial charge in [-0.3, -0.25) is 19.2 Å². The van der Waals surface area contributed by atoms with E-state index in [-0.39, 0.29) is 111 Å². The van der Waals surface area contributed by atoms with Gasteiger partial charge >= 0.3 is 24.3 Å². The van der Waals surface area contributed by atoms with Gasteiger partial charge in [0.1, 0.15) is 0 Å². The Balaban J connectivity index is 1.27. The third-order valence-electron chi connectivity index (χ3n) is 11.6. The number of nitrogens with zero attached hydrogens (tertiary/aromatic N) is 2. The minimum absolute atomic E-state index is 0.0260. The molecule has 0 aliphatic carbocycles. The van der Waals surface area contributed by atoms with E-state index in [1.807, 2.05) is 0 Å². The number of hydrogen-bond donors (Lipinski definition) is 2. The zero-order valence-corrected chi connectivity index (χ0v) is 34.9. The number of amides is 2. The third-order valence-corrected chi connectivity index (χ3v) is 12.7. The Morgan fingerprint density at radius 3 is 1.40 bits per heavy atom. The number of carbonyl (C=O) groups is 4. The Morgan fingerprint density at radius 1 is 0.615 bits per heavy atom. The average molecular weight is 925 g/mol. The number of benzene rings is 4. The van der Waals surface area contributed by atoms with E-state index in [0.29, 0.717) is 11.1 Å². The van der Waals surface area contributed by atoms with Crippen molar-refractivity contribution in [2.45, 2.75) is 47.8 Å². The number of halogens is 6. The van der Waals surface area contributed by atoms with Crippen molar-refractivity contribution in [2.24, 2.45) is 11.8 Å². The summed E-state index contributed by atoms with van der Waals surface area (Å²) in [7, 11) is 0. The topological polar surface area (TPSA) is 152 Å². The van der Waals surface area contributed by atoms with Gasteiger partial charge in [-0.2, -0.15) is 36.1 Å². The molecule has 4 aliphatic rings. The van der Waals surface area contributed by atoms with Gasteiger partial charge in [-0.1, -0.05) is 36.0 Å². The molecule has 0 saturated carbocycles. The van der Waals surface area contributed by atoms with Gasteiger partial charge in [0.25, 0.3) is 0 Å². The van der Waals surface area contributed by atoms with Crippen LogP contribution in [0.4, 0.5) is 26.3 Å². The molecule has 4 heterocycles. The van der Waals surface area contributed by atoms with Crippen LogP contribution in [-0.4, -0.2) is 83.2 Å². The van der Waals surface area contributed by atoms with E-state index in [2.05, 4.69) is 0 Å². The molecule has 4 aromatic carbocycles. The Hall–Kier alpha value is -6.31. The van der Waals surface area contributed by atoms with Crippen molar-refractivity contribution < 1.29 is 75.3 Å². The normalized spacial score (nSPS) is 18.7. The molecule has 2 atom stereocenters. The van der Waals surface area contributed by atoms with Gasteiger partial charge in [0, 0.05) is 83.2 Å². The number of carboxylic acids is 2. The Morgan fingerprint density at radius 2 is 1.03 bits per heavy atom. The van der Waals surface area contributed by atoms with Gasteiger partial charge in [0.2, 0.25) is 11.8 Å². The van der Waals surface area contributed by atoms with E-state index in [9.17, 15) is 29.4 Å². The van der Waals surface area contributed by atoms with Crippen LogP contribution >= 0.6 is 11.8 Å². The van der Waals surface area contributed by atoms with Crippen LogP contribution < -0.4 is 9.78 Å². The standard InChI is InChI=1S/C46H38F6N2O10S/c47-45(48,49)41-35(9-3-25(5-11-37(55)53-17-13-31(23-53)43(57)58)39(41)29-1-7-33-27(21-29)15-19-61-63-33)65-36-10-4-26(6-12-38(56)54-18-14-32(24-54)44(59)60)40(42(36)46(50,51)52)30-2-8-34-28(22-30)16-20-62-64-34/h1-12,21-22,31-32H,13-20,23-24H2,(H,57,58)(H,59,60)/b11-5+,12-6+. The van der Waals surface area contributed by atoms with E-state index >= 15 is 26.3 Å². The van der Waals surface area contributed by atoms with Crippen molar-refractivity contribution in [3.63, 3.8) is 0 Å². The van der Waals surface area contributed by atoms with Crippen LogP contribution in [0.25, 0.3) is 34.4 Å². The number of rotatable bonds is 10. The molecule has 0 aromatic heterocycles. The zero-order valence-electron chi connectivity index (χ0n) is 34.0. The molecule has 0 radical (unpaired) electrons. The average Bonchev–Trinajstić information content (AvgIpc) is 3.99. The van der Waals surface area contributed by atoms with E-state index in [1.54, 1.807) is 0 Å². The lowest BCUT2D eigenvalue weighted by atomic mass is 9.91. The van der Waals surface area contributed by atoms with Crippen molar-refractivity contribution in [3.05, 3.63) is 106 Å². The predicted octanol–water partition coefficient (Wildman–Crippen LogP) is 8.84. The molecule has 2 saturated heterocycles. The summed E-state index contributed by atoms with van der Waals surface area (Å²) in [4.78, 5) is 71.3. The smallest absolute Gasteiger partial charge is 0.418 e. The van der Waals surface area contributed by atoms with Crippen LogP contribution in [0.3, 0.4) is 0 Å². The van der Waals surface area contributed by atoms with Crippen LogP contribution in [0.2, 0.25) is 0 Å². The first-order valence-corrected chi connectivity index (χ1v) is 21.2. The largest absolute Gasteiger partial charge is 0.481 e. The fourth-order valence-electron chi connectivity index (χ4n) is 8.34. The molecule has 2 unspecified atom stereocenters. The van der Waals surface area contributed by atoms with Crippen molar-refractivity contribution in [1.29, 1.82) is 0 Å². The summed E-state index contributed by atoms with van der Waals surface area (Å²) in [6.45, 7) is 0.269. The molecule has 19 heteroatoms. The number of fused-ring (bicyclic) bond motifs is 2. The monoisotopic (exact) mass is 924 g/mol. The molecular weight excluding hydrogens is 887 g/mol. The first kappa shape index (κ1) is 45.3. The van der Waals surface area contributed by atoms with Gasteiger partial charge in [0.15, 0.2) is 11.5 Å².